The van der Waals surface area contributed by atoms with Crippen molar-refractivity contribution >= 4 is 29.3 Å². The van der Waals surface area contributed by atoms with Gasteiger partial charge in [0.15, 0.2) is 0 Å². The van der Waals surface area contributed by atoms with Crippen molar-refractivity contribution in [2.45, 2.75) is 13.5 Å². The third-order valence-electron chi connectivity index (χ3n) is 4.29. The molecule has 0 aromatic heterocycles. The fourth-order valence-electron chi connectivity index (χ4n) is 2.69. The van der Waals surface area contributed by atoms with Crippen LogP contribution in [-0.4, -0.2) is 13.0 Å². The van der Waals surface area contributed by atoms with Gasteiger partial charge >= 0.3 is 0 Å². The summed E-state index contributed by atoms with van der Waals surface area (Å²) < 4.78 is 11.0. The molecule has 3 rings (SSSR count). The standard InChI is InChI=1S/C24H22ClNO3/c1-17-14-22(23(28-2)15-21(17)25)26-24(27)13-10-18-8-11-20(12-9-18)29-16-19-6-4-3-5-7-19/h3-15H,16H2,1-2H3,(H,26,27)/b13-10+. The molecular weight excluding hydrogens is 386 g/mol. The summed E-state index contributed by atoms with van der Waals surface area (Å²) in [5, 5.41) is 3.40. The van der Waals surface area contributed by atoms with E-state index >= 15 is 0 Å². The Morgan fingerprint density at radius 2 is 1.79 bits per heavy atom. The molecule has 0 aliphatic rings. The Kier molecular flexibility index (Phi) is 6.93. The minimum Gasteiger partial charge on any atom is -0.495 e. The number of rotatable bonds is 7. The fourth-order valence-corrected chi connectivity index (χ4v) is 2.85. The van der Waals surface area contributed by atoms with Gasteiger partial charge in [-0.15, -0.1) is 0 Å². The smallest absolute Gasteiger partial charge is 0.248 e. The molecule has 5 heteroatoms. The van der Waals surface area contributed by atoms with Crippen molar-refractivity contribution in [2.24, 2.45) is 0 Å². The molecule has 0 bridgehead atoms. The normalized spacial score (nSPS) is 10.7. The lowest BCUT2D eigenvalue weighted by Crippen LogP contribution is -2.09. The Morgan fingerprint density at radius 3 is 2.48 bits per heavy atom. The van der Waals surface area contributed by atoms with Crippen LogP contribution in [0.15, 0.2) is 72.8 Å². The highest BCUT2D eigenvalue weighted by atomic mass is 35.5. The zero-order valence-corrected chi connectivity index (χ0v) is 17.1. The van der Waals surface area contributed by atoms with Crippen LogP contribution in [0.3, 0.4) is 0 Å². The van der Waals surface area contributed by atoms with Crippen molar-refractivity contribution in [3.63, 3.8) is 0 Å². The first-order valence-corrected chi connectivity index (χ1v) is 9.53. The summed E-state index contributed by atoms with van der Waals surface area (Å²) in [7, 11) is 1.54. The maximum Gasteiger partial charge on any atom is 0.248 e. The number of anilines is 1. The number of hydrogen-bond acceptors (Lipinski definition) is 3. The molecule has 1 N–H and O–H groups in total. The Bertz CT molecular complexity index is 999. The SMILES string of the molecule is COc1cc(Cl)c(C)cc1NC(=O)/C=C/c1ccc(OCc2ccccc2)cc1. The van der Waals surface area contributed by atoms with Gasteiger partial charge in [0.1, 0.15) is 18.1 Å². The van der Waals surface area contributed by atoms with Crippen molar-refractivity contribution in [2.75, 3.05) is 12.4 Å². The van der Waals surface area contributed by atoms with Crippen molar-refractivity contribution in [3.8, 4) is 11.5 Å². The molecule has 0 saturated heterocycles. The Balaban J connectivity index is 1.58. The van der Waals surface area contributed by atoms with Gasteiger partial charge in [0, 0.05) is 17.2 Å². The van der Waals surface area contributed by atoms with E-state index < -0.39 is 0 Å². The molecular formula is C24H22ClNO3. The predicted octanol–water partition coefficient (Wildman–Crippen LogP) is 5.89. The van der Waals surface area contributed by atoms with Crippen LogP contribution in [0.2, 0.25) is 5.02 Å². The quantitative estimate of drug-likeness (QED) is 0.497. The number of amides is 1. The molecule has 0 unspecified atom stereocenters. The van der Waals surface area contributed by atoms with Crippen LogP contribution in [0.1, 0.15) is 16.7 Å². The van der Waals surface area contributed by atoms with Gasteiger partial charge in [-0.05, 0) is 47.9 Å². The molecule has 29 heavy (non-hydrogen) atoms. The van der Waals surface area contributed by atoms with E-state index in [-0.39, 0.29) is 5.91 Å². The van der Waals surface area contributed by atoms with Crippen molar-refractivity contribution in [1.29, 1.82) is 0 Å². The molecule has 0 aliphatic heterocycles. The second-order valence-electron chi connectivity index (χ2n) is 6.47. The molecule has 0 spiro atoms. The first-order valence-electron chi connectivity index (χ1n) is 9.15. The number of carbonyl (C=O) groups excluding carboxylic acids is 1. The molecule has 4 nitrogen and oxygen atoms in total. The average molecular weight is 408 g/mol. The molecule has 0 aliphatic carbocycles. The van der Waals surface area contributed by atoms with Gasteiger partial charge in [-0.3, -0.25) is 4.79 Å². The zero-order valence-electron chi connectivity index (χ0n) is 16.3. The van der Waals surface area contributed by atoms with Gasteiger partial charge in [0.25, 0.3) is 0 Å². The number of benzene rings is 3. The number of aryl methyl sites for hydroxylation is 1. The topological polar surface area (TPSA) is 47.6 Å². The number of hydrogen-bond donors (Lipinski definition) is 1. The number of methoxy groups -OCH3 is 1. The van der Waals surface area contributed by atoms with E-state index in [0.29, 0.717) is 23.1 Å². The molecule has 148 valence electrons. The van der Waals surface area contributed by atoms with E-state index in [0.717, 1.165) is 22.4 Å². The number of nitrogens with one attached hydrogen (secondary N) is 1. The number of carbonyl (C=O) groups is 1. The second kappa shape index (κ2) is 9.80. The average Bonchev–Trinajstić information content (AvgIpc) is 2.74. The highest BCUT2D eigenvalue weighted by Gasteiger charge is 2.08. The van der Waals surface area contributed by atoms with E-state index in [4.69, 9.17) is 21.1 Å². The van der Waals surface area contributed by atoms with Gasteiger partial charge in [-0.25, -0.2) is 0 Å². The van der Waals surface area contributed by atoms with E-state index in [1.807, 2.05) is 61.5 Å². The van der Waals surface area contributed by atoms with Gasteiger partial charge in [0.2, 0.25) is 5.91 Å². The van der Waals surface area contributed by atoms with E-state index in [9.17, 15) is 4.79 Å². The van der Waals surface area contributed by atoms with Gasteiger partial charge < -0.3 is 14.8 Å². The fraction of sp³-hybridized carbons (Fsp3) is 0.125. The predicted molar refractivity (Wildman–Crippen MR) is 118 cm³/mol. The highest BCUT2D eigenvalue weighted by Crippen LogP contribution is 2.30. The summed E-state index contributed by atoms with van der Waals surface area (Å²) in [4.78, 5) is 12.3. The van der Waals surface area contributed by atoms with E-state index in [1.165, 1.54) is 13.2 Å². The van der Waals surface area contributed by atoms with Gasteiger partial charge in [-0.1, -0.05) is 54.1 Å². The van der Waals surface area contributed by atoms with Crippen LogP contribution in [0.4, 0.5) is 5.69 Å². The third-order valence-corrected chi connectivity index (χ3v) is 4.70. The minimum absolute atomic E-state index is 0.255. The summed E-state index contributed by atoms with van der Waals surface area (Å²) in [5.74, 6) is 1.04. The maximum absolute atomic E-state index is 12.3. The third kappa shape index (κ3) is 5.87. The van der Waals surface area contributed by atoms with Crippen LogP contribution < -0.4 is 14.8 Å². The summed E-state index contributed by atoms with van der Waals surface area (Å²) in [5.41, 5.74) is 3.44. The highest BCUT2D eigenvalue weighted by molar-refractivity contribution is 6.31. The number of halogens is 1. The van der Waals surface area contributed by atoms with Crippen LogP contribution in [0.5, 0.6) is 11.5 Å². The van der Waals surface area contributed by atoms with Crippen LogP contribution in [0.25, 0.3) is 6.08 Å². The molecule has 3 aromatic carbocycles. The second-order valence-corrected chi connectivity index (χ2v) is 6.87. The Hall–Kier alpha value is -3.24. The molecule has 0 radical (unpaired) electrons. The molecule has 0 fully saturated rings. The lowest BCUT2D eigenvalue weighted by atomic mass is 10.2. The lowest BCUT2D eigenvalue weighted by Gasteiger charge is -2.11. The summed E-state index contributed by atoms with van der Waals surface area (Å²) in [6.07, 6.45) is 3.22. The molecule has 3 aromatic rings. The summed E-state index contributed by atoms with van der Waals surface area (Å²) >= 11 is 6.10. The van der Waals surface area contributed by atoms with Gasteiger partial charge in [0.05, 0.1) is 12.8 Å². The minimum atomic E-state index is -0.255. The van der Waals surface area contributed by atoms with Crippen LogP contribution in [-0.2, 0) is 11.4 Å². The Morgan fingerprint density at radius 1 is 1.07 bits per heavy atom. The van der Waals surface area contributed by atoms with Crippen molar-refractivity contribution in [3.05, 3.63) is 94.5 Å². The van der Waals surface area contributed by atoms with Crippen molar-refractivity contribution in [1.82, 2.24) is 0 Å². The molecule has 0 saturated carbocycles. The monoisotopic (exact) mass is 407 g/mol. The molecule has 0 heterocycles. The lowest BCUT2D eigenvalue weighted by molar-refractivity contribution is -0.111. The van der Waals surface area contributed by atoms with Gasteiger partial charge in [-0.2, -0.15) is 0 Å². The maximum atomic E-state index is 12.3. The molecule has 0 atom stereocenters. The Labute approximate surface area is 175 Å². The first kappa shape index (κ1) is 20.5. The summed E-state index contributed by atoms with van der Waals surface area (Å²) in [6, 6.07) is 21.0. The summed E-state index contributed by atoms with van der Waals surface area (Å²) in [6.45, 7) is 2.38. The van der Waals surface area contributed by atoms with E-state index in [2.05, 4.69) is 5.32 Å². The molecule has 1 amide bonds. The zero-order chi connectivity index (χ0) is 20.6. The van der Waals surface area contributed by atoms with Crippen LogP contribution >= 0.6 is 11.6 Å². The largest absolute Gasteiger partial charge is 0.495 e. The van der Waals surface area contributed by atoms with E-state index in [1.54, 1.807) is 18.2 Å². The number of ether oxygens (including phenoxy) is 2. The first-order chi connectivity index (χ1) is 14.0. The van der Waals surface area contributed by atoms with Crippen LogP contribution in [0, 0.1) is 6.92 Å². The van der Waals surface area contributed by atoms with Crippen molar-refractivity contribution < 1.29 is 14.3 Å².